The van der Waals surface area contributed by atoms with E-state index >= 15 is 0 Å². The van der Waals surface area contributed by atoms with Gasteiger partial charge in [0.2, 0.25) is 0 Å². The second kappa shape index (κ2) is 6.03. The summed E-state index contributed by atoms with van der Waals surface area (Å²) in [6, 6.07) is 7.91. The van der Waals surface area contributed by atoms with Crippen LogP contribution in [0.4, 0.5) is 10.1 Å². The highest BCUT2D eigenvalue weighted by Crippen LogP contribution is 2.37. The summed E-state index contributed by atoms with van der Waals surface area (Å²) < 4.78 is 16.1. The molecule has 5 rings (SSSR count). The van der Waals surface area contributed by atoms with Gasteiger partial charge in [-0.15, -0.1) is 0 Å². The van der Waals surface area contributed by atoms with E-state index in [0.29, 0.717) is 22.3 Å². The van der Waals surface area contributed by atoms with Crippen molar-refractivity contribution >= 4 is 28.5 Å². The van der Waals surface area contributed by atoms with E-state index in [2.05, 4.69) is 15.1 Å². The molecule has 0 fully saturated rings. The number of hydrogen-bond donors (Lipinski definition) is 0. The molecule has 4 heterocycles. The maximum Gasteiger partial charge on any atom is 0.267 e. The van der Waals surface area contributed by atoms with Crippen molar-refractivity contribution in [2.24, 2.45) is 7.05 Å². The number of hydrogen-bond acceptors (Lipinski definition) is 5. The highest BCUT2D eigenvalue weighted by molar-refractivity contribution is 6.38. The minimum absolute atomic E-state index is 0.0794. The van der Waals surface area contributed by atoms with Crippen molar-refractivity contribution < 1.29 is 14.0 Å². The summed E-state index contributed by atoms with van der Waals surface area (Å²) in [6.45, 7) is 1.74. The number of benzene rings is 1. The van der Waals surface area contributed by atoms with Gasteiger partial charge in [-0.05, 0) is 36.8 Å². The molecule has 0 saturated heterocycles. The predicted octanol–water partition coefficient (Wildman–Crippen LogP) is 3.28. The van der Waals surface area contributed by atoms with E-state index in [4.69, 9.17) is 0 Å². The molecule has 8 heteroatoms. The molecule has 1 aliphatic rings. The molecule has 1 aliphatic heterocycles. The Morgan fingerprint density at radius 2 is 1.79 bits per heavy atom. The second-order valence-corrected chi connectivity index (χ2v) is 6.85. The zero-order valence-electron chi connectivity index (χ0n) is 15.5. The highest BCUT2D eigenvalue weighted by Gasteiger charge is 2.41. The largest absolute Gasteiger partial charge is 0.268 e. The second-order valence-electron chi connectivity index (χ2n) is 6.85. The molecule has 1 aromatic carbocycles. The van der Waals surface area contributed by atoms with Gasteiger partial charge in [-0.25, -0.2) is 19.0 Å². The Balaban J connectivity index is 1.77. The van der Waals surface area contributed by atoms with Crippen molar-refractivity contribution in [2.75, 3.05) is 4.90 Å². The lowest BCUT2D eigenvalue weighted by molar-refractivity contribution is 0.0925. The van der Waals surface area contributed by atoms with Crippen molar-refractivity contribution in [3.05, 3.63) is 71.4 Å². The molecular formula is C21H14FN5O2. The number of carbonyl (C=O) groups excluding carboxylic acids is 2. The number of rotatable bonds is 2. The summed E-state index contributed by atoms with van der Waals surface area (Å²) in [5.41, 5.74) is 2.64. The number of nitrogens with zero attached hydrogens (tertiary/aromatic N) is 5. The Hall–Kier alpha value is -3.94. The molecule has 0 bridgehead atoms. The van der Waals surface area contributed by atoms with E-state index in [0.717, 1.165) is 10.5 Å². The SMILES string of the molecule is Cc1ccc(N2C(=O)c3cnc4c(c(-c5ccncc5)nn4C)c3C2=O)c(F)c1. The molecule has 142 valence electrons. The van der Waals surface area contributed by atoms with Gasteiger partial charge in [-0.1, -0.05) is 6.07 Å². The van der Waals surface area contributed by atoms with Crippen LogP contribution in [0.3, 0.4) is 0 Å². The number of pyridine rings is 2. The van der Waals surface area contributed by atoms with Gasteiger partial charge in [-0.3, -0.25) is 14.6 Å². The maximum absolute atomic E-state index is 14.5. The molecule has 0 atom stereocenters. The fraction of sp³-hybridized carbons (Fsp3) is 0.0952. The molecule has 29 heavy (non-hydrogen) atoms. The van der Waals surface area contributed by atoms with Gasteiger partial charge in [0.05, 0.1) is 22.2 Å². The third-order valence-electron chi connectivity index (χ3n) is 5.00. The number of aryl methyl sites for hydroxylation is 2. The monoisotopic (exact) mass is 387 g/mol. The molecular weight excluding hydrogens is 373 g/mol. The van der Waals surface area contributed by atoms with Crippen LogP contribution in [-0.2, 0) is 7.05 Å². The fourth-order valence-electron chi connectivity index (χ4n) is 3.65. The highest BCUT2D eigenvalue weighted by atomic mass is 19.1. The topological polar surface area (TPSA) is 81.0 Å². The maximum atomic E-state index is 14.5. The fourth-order valence-corrected chi connectivity index (χ4v) is 3.65. The Labute approximate surface area is 164 Å². The first-order valence-corrected chi connectivity index (χ1v) is 8.88. The van der Waals surface area contributed by atoms with Gasteiger partial charge < -0.3 is 0 Å². The van der Waals surface area contributed by atoms with Gasteiger partial charge in [0, 0.05) is 31.2 Å². The van der Waals surface area contributed by atoms with Crippen LogP contribution in [0.5, 0.6) is 0 Å². The van der Waals surface area contributed by atoms with Crippen molar-refractivity contribution in [2.45, 2.75) is 6.92 Å². The average molecular weight is 387 g/mol. The van der Waals surface area contributed by atoms with Crippen molar-refractivity contribution in [3.8, 4) is 11.3 Å². The number of aromatic nitrogens is 4. The summed E-state index contributed by atoms with van der Waals surface area (Å²) in [7, 11) is 1.71. The molecule has 7 nitrogen and oxygen atoms in total. The van der Waals surface area contributed by atoms with Crippen LogP contribution in [0, 0.1) is 12.7 Å². The number of anilines is 1. The first kappa shape index (κ1) is 17.2. The molecule has 0 N–H and O–H groups in total. The lowest BCUT2D eigenvalue weighted by atomic mass is 10.0. The number of amides is 2. The van der Waals surface area contributed by atoms with Crippen molar-refractivity contribution in [3.63, 3.8) is 0 Å². The van der Waals surface area contributed by atoms with Crippen LogP contribution in [0.15, 0.2) is 48.9 Å². The normalized spacial score (nSPS) is 13.4. The summed E-state index contributed by atoms with van der Waals surface area (Å²) in [6.07, 6.45) is 4.59. The van der Waals surface area contributed by atoms with E-state index < -0.39 is 17.6 Å². The van der Waals surface area contributed by atoms with E-state index in [1.807, 2.05) is 0 Å². The Morgan fingerprint density at radius 1 is 1.03 bits per heavy atom. The average Bonchev–Trinajstić information content (AvgIpc) is 3.18. The molecule has 3 aromatic heterocycles. The third kappa shape index (κ3) is 2.39. The van der Waals surface area contributed by atoms with Crippen LogP contribution < -0.4 is 4.90 Å². The number of fused-ring (bicyclic) bond motifs is 3. The van der Waals surface area contributed by atoms with Crippen LogP contribution in [0.2, 0.25) is 0 Å². The van der Waals surface area contributed by atoms with Crippen LogP contribution in [-0.4, -0.2) is 31.6 Å². The van der Waals surface area contributed by atoms with Gasteiger partial charge in [0.1, 0.15) is 11.5 Å². The Kier molecular flexibility index (Phi) is 3.57. The summed E-state index contributed by atoms with van der Waals surface area (Å²) in [5.74, 6) is -1.83. The van der Waals surface area contributed by atoms with Crippen molar-refractivity contribution in [1.82, 2.24) is 19.7 Å². The van der Waals surface area contributed by atoms with E-state index in [1.165, 1.54) is 18.3 Å². The number of carbonyl (C=O) groups is 2. The minimum atomic E-state index is -0.635. The lowest BCUT2D eigenvalue weighted by Gasteiger charge is -2.15. The van der Waals surface area contributed by atoms with E-state index in [-0.39, 0.29) is 16.8 Å². The summed E-state index contributed by atoms with van der Waals surface area (Å²) >= 11 is 0. The summed E-state index contributed by atoms with van der Waals surface area (Å²) in [4.78, 5) is 35.5. The van der Waals surface area contributed by atoms with Gasteiger partial charge in [-0.2, -0.15) is 5.10 Å². The van der Waals surface area contributed by atoms with Crippen LogP contribution in [0.25, 0.3) is 22.3 Å². The molecule has 0 unspecified atom stereocenters. The lowest BCUT2D eigenvalue weighted by Crippen LogP contribution is -2.30. The smallest absolute Gasteiger partial charge is 0.267 e. The Morgan fingerprint density at radius 3 is 2.52 bits per heavy atom. The quantitative estimate of drug-likeness (QED) is 0.493. The molecule has 4 aromatic rings. The standard InChI is InChI=1S/C21H14FN5O2/c1-11-3-4-15(14(22)9-11)27-20(28)13-10-24-19-17(16(13)21(27)29)18(25-26(19)2)12-5-7-23-8-6-12/h3-10H,1-2H3. The van der Waals surface area contributed by atoms with Crippen molar-refractivity contribution in [1.29, 1.82) is 0 Å². The molecule has 2 amide bonds. The minimum Gasteiger partial charge on any atom is -0.268 e. The van der Waals surface area contributed by atoms with E-state index in [9.17, 15) is 14.0 Å². The number of halogens is 1. The van der Waals surface area contributed by atoms with Gasteiger partial charge in [0.15, 0.2) is 5.65 Å². The Bertz CT molecular complexity index is 1330. The first-order valence-electron chi connectivity index (χ1n) is 8.88. The molecule has 0 aliphatic carbocycles. The van der Waals surface area contributed by atoms with Crippen LogP contribution in [0.1, 0.15) is 26.3 Å². The van der Waals surface area contributed by atoms with E-state index in [1.54, 1.807) is 49.2 Å². The first-order chi connectivity index (χ1) is 14.0. The van der Waals surface area contributed by atoms with Crippen LogP contribution >= 0.6 is 0 Å². The molecule has 0 saturated carbocycles. The van der Waals surface area contributed by atoms with Gasteiger partial charge >= 0.3 is 0 Å². The molecule has 0 radical (unpaired) electrons. The summed E-state index contributed by atoms with van der Waals surface area (Å²) in [5, 5.41) is 4.96. The predicted molar refractivity (Wildman–Crippen MR) is 104 cm³/mol. The third-order valence-corrected chi connectivity index (χ3v) is 5.00. The zero-order valence-corrected chi connectivity index (χ0v) is 15.5. The zero-order chi connectivity index (χ0) is 20.3. The number of imide groups is 1. The molecule has 0 spiro atoms. The van der Waals surface area contributed by atoms with Gasteiger partial charge in [0.25, 0.3) is 11.8 Å².